The van der Waals surface area contributed by atoms with E-state index < -0.39 is 0 Å². The van der Waals surface area contributed by atoms with Crippen molar-refractivity contribution in [3.05, 3.63) is 74.1 Å². The molecular weight excluding hydrogens is 348 g/mol. The van der Waals surface area contributed by atoms with Crippen LogP contribution in [0, 0.1) is 17.8 Å². The molecule has 0 aliphatic rings. The average molecular weight is 369 g/mol. The minimum absolute atomic E-state index is 0.0341. The Bertz CT molecular complexity index is 971. The van der Waals surface area contributed by atoms with Crippen LogP contribution in [0.25, 0.3) is 0 Å². The zero-order chi connectivity index (χ0) is 18.0. The Balaban J connectivity index is 1.94. The van der Waals surface area contributed by atoms with Gasteiger partial charge in [-0.1, -0.05) is 59.4 Å². The van der Waals surface area contributed by atoms with Crippen LogP contribution >= 0.6 is 23.6 Å². The van der Waals surface area contributed by atoms with Gasteiger partial charge in [0, 0.05) is 0 Å². The van der Waals surface area contributed by atoms with Crippen molar-refractivity contribution in [3.8, 4) is 5.88 Å². The largest absolute Gasteiger partial charge is 0.493 e. The molecule has 2 aromatic carbocycles. The Morgan fingerprint density at radius 1 is 1.16 bits per heavy atom. The van der Waals surface area contributed by atoms with Gasteiger partial charge in [-0.05, 0) is 50.2 Å². The van der Waals surface area contributed by atoms with Crippen LogP contribution in [0.1, 0.15) is 34.5 Å². The number of aliphatic imine (C=N–C) groups is 1. The molecule has 3 nitrogen and oxygen atoms in total. The van der Waals surface area contributed by atoms with Gasteiger partial charge in [-0.15, -0.1) is 0 Å². The first-order chi connectivity index (χ1) is 12.0. The quantitative estimate of drug-likeness (QED) is 0.455. The van der Waals surface area contributed by atoms with E-state index in [9.17, 15) is 5.11 Å². The summed E-state index contributed by atoms with van der Waals surface area (Å²) in [5, 5.41) is 10.6. The molecule has 128 valence electrons. The van der Waals surface area contributed by atoms with E-state index in [2.05, 4.69) is 18.0 Å². The molecule has 1 N–H and O–H groups in total. The van der Waals surface area contributed by atoms with Gasteiger partial charge in [0.1, 0.15) is 4.88 Å². The standard InChI is InChI=1S/C20H20N2OS2/c1-13-9-10-17(14(2)11-13)21-12-18-19(23)22(20(24)25-18)15(3)16-7-5-4-6-8-16/h4-12,15,23H,1-3H3. The van der Waals surface area contributed by atoms with Gasteiger partial charge >= 0.3 is 0 Å². The van der Waals surface area contributed by atoms with Gasteiger partial charge in [-0.25, -0.2) is 0 Å². The van der Waals surface area contributed by atoms with Crippen molar-refractivity contribution >= 4 is 35.5 Å². The number of aromatic nitrogens is 1. The molecule has 0 saturated carbocycles. The van der Waals surface area contributed by atoms with Crippen LogP contribution in [-0.4, -0.2) is 15.9 Å². The van der Waals surface area contributed by atoms with E-state index in [1.165, 1.54) is 16.9 Å². The highest BCUT2D eigenvalue weighted by atomic mass is 32.1. The Kier molecular flexibility index (Phi) is 5.16. The second-order valence-electron chi connectivity index (χ2n) is 6.06. The fraction of sp³-hybridized carbons (Fsp3) is 0.200. The number of hydrogen-bond acceptors (Lipinski definition) is 4. The van der Waals surface area contributed by atoms with E-state index in [1.807, 2.05) is 56.3 Å². The van der Waals surface area contributed by atoms with Gasteiger partial charge in [-0.3, -0.25) is 9.56 Å². The fourth-order valence-electron chi connectivity index (χ4n) is 2.78. The molecule has 0 aliphatic carbocycles. The van der Waals surface area contributed by atoms with Crippen molar-refractivity contribution < 1.29 is 5.11 Å². The molecule has 1 heterocycles. The molecule has 1 unspecified atom stereocenters. The molecule has 1 aromatic heterocycles. The number of aryl methyl sites for hydroxylation is 2. The normalized spacial score (nSPS) is 12.6. The lowest BCUT2D eigenvalue weighted by Crippen LogP contribution is -2.06. The fourth-order valence-corrected chi connectivity index (χ4v) is 4.12. The van der Waals surface area contributed by atoms with Crippen LogP contribution in [0.5, 0.6) is 5.88 Å². The predicted octanol–water partition coefficient (Wildman–Crippen LogP) is 5.96. The lowest BCUT2D eigenvalue weighted by Gasteiger charge is -2.14. The highest BCUT2D eigenvalue weighted by molar-refractivity contribution is 7.73. The van der Waals surface area contributed by atoms with E-state index in [-0.39, 0.29) is 11.9 Å². The van der Waals surface area contributed by atoms with Crippen molar-refractivity contribution in [2.75, 3.05) is 0 Å². The third-order valence-electron chi connectivity index (χ3n) is 4.18. The van der Waals surface area contributed by atoms with E-state index in [1.54, 1.807) is 10.8 Å². The smallest absolute Gasteiger partial charge is 0.212 e. The van der Waals surface area contributed by atoms with Crippen molar-refractivity contribution in [1.82, 2.24) is 4.57 Å². The van der Waals surface area contributed by atoms with E-state index in [0.717, 1.165) is 16.8 Å². The predicted molar refractivity (Wildman–Crippen MR) is 108 cm³/mol. The molecule has 25 heavy (non-hydrogen) atoms. The molecule has 1 atom stereocenters. The van der Waals surface area contributed by atoms with Gasteiger partial charge in [0.15, 0.2) is 3.95 Å². The first kappa shape index (κ1) is 17.6. The van der Waals surface area contributed by atoms with Gasteiger partial charge in [0.05, 0.1) is 17.9 Å². The topological polar surface area (TPSA) is 37.5 Å². The van der Waals surface area contributed by atoms with E-state index in [0.29, 0.717) is 8.83 Å². The van der Waals surface area contributed by atoms with Crippen LogP contribution in [0.3, 0.4) is 0 Å². The second kappa shape index (κ2) is 7.33. The third-order valence-corrected chi connectivity index (χ3v) is 5.51. The van der Waals surface area contributed by atoms with Crippen molar-refractivity contribution in [2.24, 2.45) is 4.99 Å². The SMILES string of the molecule is Cc1ccc(N=Cc2sc(=S)n(C(C)c3ccccc3)c2O)c(C)c1. The summed E-state index contributed by atoms with van der Waals surface area (Å²) >= 11 is 6.84. The van der Waals surface area contributed by atoms with Crippen LogP contribution < -0.4 is 0 Å². The van der Waals surface area contributed by atoms with Crippen molar-refractivity contribution in [2.45, 2.75) is 26.8 Å². The van der Waals surface area contributed by atoms with Gasteiger partial charge < -0.3 is 5.11 Å². The monoisotopic (exact) mass is 368 g/mol. The zero-order valence-corrected chi connectivity index (χ0v) is 16.1. The summed E-state index contributed by atoms with van der Waals surface area (Å²) in [6.45, 7) is 6.12. The summed E-state index contributed by atoms with van der Waals surface area (Å²) in [6, 6.07) is 16.1. The maximum atomic E-state index is 10.6. The Hall–Kier alpha value is -2.24. The maximum Gasteiger partial charge on any atom is 0.212 e. The van der Waals surface area contributed by atoms with Gasteiger partial charge in [0.25, 0.3) is 0 Å². The minimum atomic E-state index is -0.0341. The maximum absolute atomic E-state index is 10.6. The molecule has 0 fully saturated rings. The Labute approximate surface area is 156 Å². The Morgan fingerprint density at radius 3 is 2.56 bits per heavy atom. The van der Waals surface area contributed by atoms with Crippen LogP contribution in [-0.2, 0) is 0 Å². The number of rotatable bonds is 4. The van der Waals surface area contributed by atoms with E-state index >= 15 is 0 Å². The van der Waals surface area contributed by atoms with Crippen molar-refractivity contribution in [3.63, 3.8) is 0 Å². The van der Waals surface area contributed by atoms with Gasteiger partial charge in [-0.2, -0.15) is 0 Å². The first-order valence-electron chi connectivity index (χ1n) is 8.08. The Morgan fingerprint density at radius 2 is 1.88 bits per heavy atom. The first-order valence-corrected chi connectivity index (χ1v) is 9.30. The summed E-state index contributed by atoms with van der Waals surface area (Å²) < 4.78 is 2.41. The third kappa shape index (κ3) is 3.72. The highest BCUT2D eigenvalue weighted by Crippen LogP contribution is 2.32. The van der Waals surface area contributed by atoms with Crippen LogP contribution in [0.4, 0.5) is 5.69 Å². The molecule has 5 heteroatoms. The number of aromatic hydroxyl groups is 1. The number of thiazole rings is 1. The molecule has 0 saturated heterocycles. The molecule has 3 aromatic rings. The second-order valence-corrected chi connectivity index (χ2v) is 7.74. The molecule has 0 spiro atoms. The highest BCUT2D eigenvalue weighted by Gasteiger charge is 2.17. The minimum Gasteiger partial charge on any atom is -0.493 e. The lowest BCUT2D eigenvalue weighted by atomic mass is 10.1. The lowest BCUT2D eigenvalue weighted by molar-refractivity contribution is 0.405. The number of hydrogen-bond donors (Lipinski definition) is 1. The molecule has 0 aliphatic heterocycles. The van der Waals surface area contributed by atoms with Crippen LogP contribution in [0.2, 0.25) is 0 Å². The van der Waals surface area contributed by atoms with Crippen LogP contribution in [0.15, 0.2) is 53.5 Å². The summed E-state index contributed by atoms with van der Waals surface area (Å²) in [6.07, 6.45) is 1.70. The molecular formula is C20H20N2OS2. The molecule has 3 rings (SSSR count). The molecule has 0 amide bonds. The number of benzene rings is 2. The zero-order valence-electron chi connectivity index (χ0n) is 14.4. The molecule has 0 radical (unpaired) electrons. The molecule has 0 bridgehead atoms. The number of nitrogens with zero attached hydrogens (tertiary/aromatic N) is 2. The van der Waals surface area contributed by atoms with Gasteiger partial charge in [0.2, 0.25) is 5.88 Å². The summed E-state index contributed by atoms with van der Waals surface area (Å²) in [5.74, 6) is 0.167. The van der Waals surface area contributed by atoms with E-state index in [4.69, 9.17) is 12.2 Å². The summed E-state index contributed by atoms with van der Waals surface area (Å²) in [5.41, 5.74) is 4.31. The average Bonchev–Trinajstić information content (AvgIpc) is 2.88. The summed E-state index contributed by atoms with van der Waals surface area (Å²) in [7, 11) is 0. The van der Waals surface area contributed by atoms with Crippen molar-refractivity contribution in [1.29, 1.82) is 0 Å². The summed E-state index contributed by atoms with van der Waals surface area (Å²) in [4.78, 5) is 5.20.